The third kappa shape index (κ3) is 5.40. The molecule has 0 aromatic heterocycles. The number of carbonyl (C=O) groups is 1. The van der Waals surface area contributed by atoms with E-state index in [9.17, 15) is 4.79 Å². The summed E-state index contributed by atoms with van der Waals surface area (Å²) in [6, 6.07) is 0.643. The Morgan fingerprint density at radius 1 is 1.15 bits per heavy atom. The molecule has 0 aliphatic carbocycles. The van der Waals surface area contributed by atoms with Crippen molar-refractivity contribution in [2.45, 2.75) is 38.1 Å². The Bertz CT molecular complexity index is 284. The zero-order valence-electron chi connectivity index (χ0n) is 12.6. The summed E-state index contributed by atoms with van der Waals surface area (Å²) in [5.41, 5.74) is 0. The molecule has 6 heteroatoms. The van der Waals surface area contributed by atoms with E-state index in [0.29, 0.717) is 12.6 Å². The highest BCUT2D eigenvalue weighted by molar-refractivity contribution is 5.85. The lowest BCUT2D eigenvalue weighted by Gasteiger charge is -2.42. The van der Waals surface area contributed by atoms with Crippen LogP contribution in [0.25, 0.3) is 0 Å². The number of amides is 1. The zero-order valence-corrected chi connectivity index (χ0v) is 14.3. The molecule has 1 N–H and O–H groups in total. The van der Waals surface area contributed by atoms with Gasteiger partial charge in [-0.3, -0.25) is 9.69 Å². The van der Waals surface area contributed by atoms with E-state index in [-0.39, 0.29) is 30.7 Å². The third-order valence-corrected chi connectivity index (χ3v) is 4.43. The number of nitrogens with zero attached hydrogens (tertiary/aromatic N) is 2. The fourth-order valence-corrected chi connectivity index (χ4v) is 3.29. The minimum atomic E-state index is 0. The average molecular weight is 326 g/mol. The van der Waals surface area contributed by atoms with Crippen molar-refractivity contribution < 1.29 is 4.79 Å². The van der Waals surface area contributed by atoms with Crippen molar-refractivity contribution >= 4 is 30.7 Å². The molecule has 1 atom stereocenters. The number of likely N-dealkylation sites (tertiary alicyclic amines) is 1. The summed E-state index contributed by atoms with van der Waals surface area (Å²) in [7, 11) is 3.71. The maximum atomic E-state index is 11.9. The highest BCUT2D eigenvalue weighted by atomic mass is 35.5. The minimum Gasteiger partial charge on any atom is -0.348 e. The molecule has 2 heterocycles. The molecule has 2 aliphatic heterocycles. The van der Waals surface area contributed by atoms with Crippen molar-refractivity contribution in [2.24, 2.45) is 5.92 Å². The van der Waals surface area contributed by atoms with Gasteiger partial charge in [0.15, 0.2) is 0 Å². The zero-order chi connectivity index (χ0) is 13.0. The molecule has 0 bridgehead atoms. The van der Waals surface area contributed by atoms with Gasteiger partial charge in [-0.1, -0.05) is 6.42 Å². The standard InChI is InChI=1S/C14H27N3O.2ClH/c1-16(2)14(18)11-17-10-4-3-5-13(17)12-6-8-15-9-7-12;;/h12-13,15H,3-11H2,1-2H3;2*1H. The van der Waals surface area contributed by atoms with Gasteiger partial charge in [0.1, 0.15) is 0 Å². The van der Waals surface area contributed by atoms with Crippen LogP contribution in [0.15, 0.2) is 0 Å². The van der Waals surface area contributed by atoms with Crippen LogP contribution >= 0.6 is 24.8 Å². The summed E-state index contributed by atoms with van der Waals surface area (Å²) in [5, 5.41) is 3.43. The van der Waals surface area contributed by atoms with Gasteiger partial charge >= 0.3 is 0 Å². The molecular formula is C14H29Cl2N3O. The molecule has 0 aromatic carbocycles. The highest BCUT2D eigenvalue weighted by Crippen LogP contribution is 2.28. The number of carbonyl (C=O) groups excluding carboxylic acids is 1. The Balaban J connectivity index is 0.00000180. The summed E-state index contributed by atoms with van der Waals surface area (Å²) in [4.78, 5) is 16.1. The molecule has 0 radical (unpaired) electrons. The van der Waals surface area contributed by atoms with E-state index in [4.69, 9.17) is 0 Å². The first-order chi connectivity index (χ1) is 8.68. The molecule has 2 rings (SSSR count). The molecular weight excluding hydrogens is 297 g/mol. The van der Waals surface area contributed by atoms with Gasteiger partial charge < -0.3 is 10.2 Å². The molecule has 0 aromatic rings. The molecule has 0 saturated carbocycles. The van der Waals surface area contributed by atoms with Crippen LogP contribution in [0.4, 0.5) is 0 Å². The Hall–Kier alpha value is -0.0300. The molecule has 20 heavy (non-hydrogen) atoms. The van der Waals surface area contributed by atoms with E-state index in [1.54, 1.807) is 4.90 Å². The van der Waals surface area contributed by atoms with Crippen LogP contribution in [0.1, 0.15) is 32.1 Å². The Labute approximate surface area is 135 Å². The first kappa shape index (κ1) is 20.0. The van der Waals surface area contributed by atoms with Crippen LogP contribution in [0.5, 0.6) is 0 Å². The summed E-state index contributed by atoms with van der Waals surface area (Å²) in [5.74, 6) is 1.04. The normalized spacial score (nSPS) is 24.4. The van der Waals surface area contributed by atoms with Crippen molar-refractivity contribution in [1.82, 2.24) is 15.1 Å². The Morgan fingerprint density at radius 2 is 1.80 bits per heavy atom. The number of hydrogen-bond donors (Lipinski definition) is 1. The van der Waals surface area contributed by atoms with Crippen molar-refractivity contribution in [3.63, 3.8) is 0 Å². The van der Waals surface area contributed by atoms with Gasteiger partial charge in [-0.25, -0.2) is 0 Å². The lowest BCUT2D eigenvalue weighted by Crippen LogP contribution is -2.50. The maximum absolute atomic E-state index is 11.9. The average Bonchev–Trinajstić information content (AvgIpc) is 2.40. The van der Waals surface area contributed by atoms with Gasteiger partial charge in [0.05, 0.1) is 6.54 Å². The fraction of sp³-hybridized carbons (Fsp3) is 0.929. The van der Waals surface area contributed by atoms with Crippen molar-refractivity contribution in [3.8, 4) is 0 Å². The molecule has 2 aliphatic rings. The summed E-state index contributed by atoms with van der Waals surface area (Å²) in [6.07, 6.45) is 6.42. The summed E-state index contributed by atoms with van der Waals surface area (Å²) < 4.78 is 0. The number of nitrogens with one attached hydrogen (secondary N) is 1. The smallest absolute Gasteiger partial charge is 0.236 e. The van der Waals surface area contributed by atoms with Crippen LogP contribution in [-0.4, -0.2) is 62.0 Å². The largest absolute Gasteiger partial charge is 0.348 e. The van der Waals surface area contributed by atoms with Gasteiger partial charge in [0.2, 0.25) is 5.91 Å². The quantitative estimate of drug-likeness (QED) is 0.859. The maximum Gasteiger partial charge on any atom is 0.236 e. The lowest BCUT2D eigenvalue weighted by atomic mass is 9.84. The monoisotopic (exact) mass is 325 g/mol. The van der Waals surface area contributed by atoms with Crippen LogP contribution < -0.4 is 5.32 Å². The molecule has 2 fully saturated rings. The molecule has 4 nitrogen and oxygen atoms in total. The Morgan fingerprint density at radius 3 is 2.40 bits per heavy atom. The third-order valence-electron chi connectivity index (χ3n) is 4.43. The number of rotatable bonds is 3. The number of halogens is 2. The van der Waals surface area contributed by atoms with Gasteiger partial charge in [-0.05, 0) is 51.2 Å². The predicted molar refractivity (Wildman–Crippen MR) is 88.0 cm³/mol. The number of piperidine rings is 2. The summed E-state index contributed by atoms with van der Waals surface area (Å²) in [6.45, 7) is 4.02. The first-order valence-corrected chi connectivity index (χ1v) is 7.33. The first-order valence-electron chi connectivity index (χ1n) is 7.33. The Kier molecular flexibility index (Phi) is 9.81. The van der Waals surface area contributed by atoms with Crippen LogP contribution in [-0.2, 0) is 4.79 Å². The number of hydrogen-bond acceptors (Lipinski definition) is 3. The van der Waals surface area contributed by atoms with Gasteiger partial charge in [0.25, 0.3) is 0 Å². The molecule has 2 saturated heterocycles. The van der Waals surface area contributed by atoms with E-state index in [1.165, 1.54) is 32.1 Å². The van der Waals surface area contributed by atoms with E-state index in [0.717, 1.165) is 25.6 Å². The fourth-order valence-electron chi connectivity index (χ4n) is 3.29. The molecule has 120 valence electrons. The SMILES string of the molecule is CN(C)C(=O)CN1CCCCC1C1CCNCC1.Cl.Cl. The molecule has 1 unspecified atom stereocenters. The molecule has 0 spiro atoms. The predicted octanol–water partition coefficient (Wildman–Crippen LogP) is 1.77. The van der Waals surface area contributed by atoms with E-state index in [2.05, 4.69) is 10.2 Å². The van der Waals surface area contributed by atoms with Crippen LogP contribution in [0.3, 0.4) is 0 Å². The second-order valence-corrected chi connectivity index (χ2v) is 5.91. The second kappa shape index (κ2) is 9.82. The highest BCUT2D eigenvalue weighted by Gasteiger charge is 2.31. The van der Waals surface area contributed by atoms with Gasteiger partial charge in [0, 0.05) is 20.1 Å². The topological polar surface area (TPSA) is 35.6 Å². The minimum absolute atomic E-state index is 0. The van der Waals surface area contributed by atoms with Crippen LogP contribution in [0.2, 0.25) is 0 Å². The van der Waals surface area contributed by atoms with E-state index >= 15 is 0 Å². The van der Waals surface area contributed by atoms with E-state index < -0.39 is 0 Å². The van der Waals surface area contributed by atoms with Gasteiger partial charge in [-0.15, -0.1) is 24.8 Å². The van der Waals surface area contributed by atoms with Crippen molar-refractivity contribution in [2.75, 3.05) is 40.3 Å². The van der Waals surface area contributed by atoms with Gasteiger partial charge in [-0.2, -0.15) is 0 Å². The summed E-state index contributed by atoms with van der Waals surface area (Å²) >= 11 is 0. The van der Waals surface area contributed by atoms with Crippen molar-refractivity contribution in [3.05, 3.63) is 0 Å². The van der Waals surface area contributed by atoms with Crippen molar-refractivity contribution in [1.29, 1.82) is 0 Å². The second-order valence-electron chi connectivity index (χ2n) is 5.91. The molecule has 1 amide bonds. The lowest BCUT2D eigenvalue weighted by molar-refractivity contribution is -0.131. The van der Waals surface area contributed by atoms with E-state index in [1.807, 2.05) is 14.1 Å². The number of likely N-dealkylation sites (N-methyl/N-ethyl adjacent to an activating group) is 1. The van der Waals surface area contributed by atoms with Crippen LogP contribution in [0, 0.1) is 5.92 Å².